The fourth-order valence-corrected chi connectivity index (χ4v) is 2.72. The number of nitro groups is 1. The Morgan fingerprint density at radius 1 is 1.52 bits per heavy atom. The number of rotatable bonds is 5. The summed E-state index contributed by atoms with van der Waals surface area (Å²) in [5, 5.41) is 10.9. The van der Waals surface area contributed by atoms with E-state index in [-0.39, 0.29) is 17.6 Å². The lowest BCUT2D eigenvalue weighted by Crippen LogP contribution is -2.40. The molecule has 1 aromatic rings. The van der Waals surface area contributed by atoms with E-state index in [9.17, 15) is 14.9 Å². The van der Waals surface area contributed by atoms with E-state index in [1.165, 1.54) is 19.1 Å². The molecule has 1 aliphatic heterocycles. The first-order valence-electron chi connectivity index (χ1n) is 7.18. The molecule has 114 valence electrons. The first-order chi connectivity index (χ1) is 10.0. The molecule has 6 heteroatoms. The van der Waals surface area contributed by atoms with Crippen LogP contribution in [0.2, 0.25) is 0 Å². The number of hydrogen-bond acceptors (Lipinski definition) is 5. The van der Waals surface area contributed by atoms with Crippen molar-refractivity contribution in [3.05, 3.63) is 33.9 Å². The third-order valence-electron chi connectivity index (χ3n) is 3.69. The number of nitrogens with zero attached hydrogens (tertiary/aromatic N) is 2. The topological polar surface area (TPSA) is 72.7 Å². The first-order valence-corrected chi connectivity index (χ1v) is 7.18. The lowest BCUT2D eigenvalue weighted by molar-refractivity contribution is -0.384. The molecule has 1 heterocycles. The fourth-order valence-electron chi connectivity index (χ4n) is 2.72. The number of non-ortho nitro benzene ring substituents is 1. The number of Topliss-reactive ketones (excluding diaryl/α,β-unsaturated/α-hetero) is 1. The van der Waals surface area contributed by atoms with Crippen molar-refractivity contribution in [2.24, 2.45) is 0 Å². The van der Waals surface area contributed by atoms with Gasteiger partial charge in [0.25, 0.3) is 5.69 Å². The molecule has 0 aromatic heterocycles. The summed E-state index contributed by atoms with van der Waals surface area (Å²) in [5.41, 5.74) is 1.11. The summed E-state index contributed by atoms with van der Waals surface area (Å²) in [6.07, 6.45) is 2.14. The average Bonchev–Trinajstić information content (AvgIpc) is 2.47. The maximum Gasteiger partial charge on any atom is 0.270 e. The molecular formula is C15H20N2O4. The molecule has 0 aliphatic carbocycles. The van der Waals surface area contributed by atoms with E-state index in [4.69, 9.17) is 4.74 Å². The van der Waals surface area contributed by atoms with Gasteiger partial charge in [-0.1, -0.05) is 0 Å². The zero-order valence-corrected chi connectivity index (χ0v) is 12.4. The van der Waals surface area contributed by atoms with Gasteiger partial charge >= 0.3 is 0 Å². The van der Waals surface area contributed by atoms with Crippen molar-refractivity contribution < 1.29 is 14.5 Å². The van der Waals surface area contributed by atoms with E-state index in [0.29, 0.717) is 18.7 Å². The Morgan fingerprint density at radius 3 is 2.90 bits per heavy atom. The van der Waals surface area contributed by atoms with Crippen molar-refractivity contribution >= 4 is 17.2 Å². The van der Waals surface area contributed by atoms with E-state index in [1.54, 1.807) is 6.07 Å². The average molecular weight is 292 g/mol. The van der Waals surface area contributed by atoms with Crippen LogP contribution in [0, 0.1) is 10.1 Å². The van der Waals surface area contributed by atoms with Crippen LogP contribution in [0.15, 0.2) is 18.2 Å². The van der Waals surface area contributed by atoms with Crippen LogP contribution in [-0.4, -0.2) is 36.5 Å². The largest absolute Gasteiger partial charge is 0.377 e. The highest BCUT2D eigenvalue weighted by atomic mass is 16.6. The smallest absolute Gasteiger partial charge is 0.270 e. The predicted octanol–water partition coefficient (Wildman–Crippen LogP) is 2.80. The van der Waals surface area contributed by atoms with Crippen LogP contribution >= 0.6 is 0 Å². The minimum atomic E-state index is -0.477. The predicted molar refractivity (Wildman–Crippen MR) is 80.0 cm³/mol. The second-order valence-electron chi connectivity index (χ2n) is 5.18. The number of nitro benzene ring substituents is 1. The van der Waals surface area contributed by atoms with Crippen LogP contribution in [0.3, 0.4) is 0 Å². The summed E-state index contributed by atoms with van der Waals surface area (Å²) >= 11 is 0. The third kappa shape index (κ3) is 3.58. The third-order valence-corrected chi connectivity index (χ3v) is 3.69. The molecule has 21 heavy (non-hydrogen) atoms. The van der Waals surface area contributed by atoms with Crippen LogP contribution in [0.4, 0.5) is 11.4 Å². The molecule has 1 aromatic carbocycles. The Balaban J connectivity index is 2.29. The summed E-state index contributed by atoms with van der Waals surface area (Å²) in [6, 6.07) is 4.48. The van der Waals surface area contributed by atoms with Crippen LogP contribution in [0.1, 0.15) is 37.0 Å². The number of carbonyl (C=O) groups excluding carboxylic acids is 1. The van der Waals surface area contributed by atoms with E-state index >= 15 is 0 Å². The molecule has 0 bridgehead atoms. The van der Waals surface area contributed by atoms with Gasteiger partial charge in [-0.2, -0.15) is 0 Å². The Kier molecular flexibility index (Phi) is 4.90. The van der Waals surface area contributed by atoms with Gasteiger partial charge in [0, 0.05) is 43.1 Å². The molecule has 6 nitrogen and oxygen atoms in total. The number of piperidine rings is 1. The van der Waals surface area contributed by atoms with Gasteiger partial charge in [-0.3, -0.25) is 14.9 Å². The van der Waals surface area contributed by atoms with Crippen molar-refractivity contribution in [1.82, 2.24) is 0 Å². The Hall–Kier alpha value is -1.95. The molecular weight excluding hydrogens is 272 g/mol. The number of ether oxygens (including phenoxy) is 1. The SMILES string of the molecule is CCOC1CCCN(c2ccc([N+](=O)[O-])cc2C(C)=O)C1. The van der Waals surface area contributed by atoms with Gasteiger partial charge in [-0.25, -0.2) is 0 Å². The van der Waals surface area contributed by atoms with E-state index in [1.807, 2.05) is 6.92 Å². The summed E-state index contributed by atoms with van der Waals surface area (Å²) < 4.78 is 5.66. The first kappa shape index (κ1) is 15.4. The normalized spacial score (nSPS) is 18.6. The van der Waals surface area contributed by atoms with E-state index in [0.717, 1.165) is 25.1 Å². The van der Waals surface area contributed by atoms with Crippen LogP contribution in [-0.2, 0) is 4.74 Å². The van der Waals surface area contributed by atoms with E-state index < -0.39 is 4.92 Å². The van der Waals surface area contributed by atoms with Gasteiger partial charge in [0.2, 0.25) is 0 Å². The second-order valence-corrected chi connectivity index (χ2v) is 5.18. The van der Waals surface area contributed by atoms with E-state index in [2.05, 4.69) is 4.90 Å². The highest BCUT2D eigenvalue weighted by Crippen LogP contribution is 2.29. The van der Waals surface area contributed by atoms with Crippen molar-refractivity contribution in [2.75, 3.05) is 24.6 Å². The molecule has 1 atom stereocenters. The van der Waals surface area contributed by atoms with Gasteiger partial charge in [0.1, 0.15) is 0 Å². The molecule has 0 N–H and O–H groups in total. The zero-order chi connectivity index (χ0) is 15.4. The zero-order valence-electron chi connectivity index (χ0n) is 12.4. The van der Waals surface area contributed by atoms with Gasteiger partial charge in [0.15, 0.2) is 5.78 Å². The standard InChI is InChI=1S/C15H20N2O4/c1-3-21-13-5-4-8-16(10-13)15-7-6-12(17(19)20)9-14(15)11(2)18/h6-7,9,13H,3-5,8,10H2,1-2H3. The highest BCUT2D eigenvalue weighted by Gasteiger charge is 2.24. The van der Waals surface area contributed by atoms with Gasteiger partial charge in [-0.05, 0) is 32.8 Å². The molecule has 0 spiro atoms. The number of hydrogen-bond donors (Lipinski definition) is 0. The molecule has 1 aliphatic rings. The highest BCUT2D eigenvalue weighted by molar-refractivity contribution is 6.00. The van der Waals surface area contributed by atoms with Crippen LogP contribution in [0.25, 0.3) is 0 Å². The van der Waals surface area contributed by atoms with Crippen molar-refractivity contribution in [2.45, 2.75) is 32.8 Å². The molecule has 1 fully saturated rings. The second kappa shape index (κ2) is 6.67. The van der Waals surface area contributed by atoms with Gasteiger partial charge in [-0.15, -0.1) is 0 Å². The molecule has 1 unspecified atom stereocenters. The number of benzene rings is 1. The summed E-state index contributed by atoms with van der Waals surface area (Å²) in [7, 11) is 0. The van der Waals surface area contributed by atoms with Crippen molar-refractivity contribution in [3.63, 3.8) is 0 Å². The lowest BCUT2D eigenvalue weighted by Gasteiger charge is -2.35. The minimum Gasteiger partial charge on any atom is -0.377 e. The Morgan fingerprint density at radius 2 is 2.29 bits per heavy atom. The van der Waals surface area contributed by atoms with Gasteiger partial charge < -0.3 is 9.64 Å². The maximum atomic E-state index is 11.8. The number of anilines is 1. The monoisotopic (exact) mass is 292 g/mol. The molecule has 0 radical (unpaired) electrons. The summed E-state index contributed by atoms with van der Waals surface area (Å²) in [5.74, 6) is -0.160. The number of carbonyl (C=O) groups is 1. The molecule has 2 rings (SSSR count). The Labute approximate surface area is 123 Å². The fraction of sp³-hybridized carbons (Fsp3) is 0.533. The maximum absolute atomic E-state index is 11.8. The lowest BCUT2D eigenvalue weighted by atomic mass is 10.0. The summed E-state index contributed by atoms with van der Waals surface area (Å²) in [6.45, 7) is 5.62. The van der Waals surface area contributed by atoms with Crippen molar-refractivity contribution in [1.29, 1.82) is 0 Å². The van der Waals surface area contributed by atoms with Crippen LogP contribution in [0.5, 0.6) is 0 Å². The summed E-state index contributed by atoms with van der Waals surface area (Å²) in [4.78, 5) is 24.3. The molecule has 1 saturated heterocycles. The Bertz CT molecular complexity index is 542. The molecule has 0 saturated carbocycles. The van der Waals surface area contributed by atoms with Crippen molar-refractivity contribution in [3.8, 4) is 0 Å². The van der Waals surface area contributed by atoms with Crippen LogP contribution < -0.4 is 4.90 Å². The minimum absolute atomic E-state index is 0.0534. The van der Waals surface area contributed by atoms with Gasteiger partial charge in [0.05, 0.1) is 11.0 Å². The number of ketones is 1. The quantitative estimate of drug-likeness (QED) is 0.474. The molecule has 0 amide bonds.